The Morgan fingerprint density at radius 3 is 2.25 bits per heavy atom. The van der Waals surface area contributed by atoms with Crippen LogP contribution in [0.5, 0.6) is 0 Å². The predicted octanol–water partition coefficient (Wildman–Crippen LogP) is 4.51. The van der Waals surface area contributed by atoms with Crippen LogP contribution in [0.2, 0.25) is 0 Å². The number of alkyl halides is 3. The molecule has 1 aromatic heterocycles. The Kier molecular flexibility index (Phi) is 5.58. The van der Waals surface area contributed by atoms with Crippen LogP contribution in [0.15, 0.2) is 67.0 Å². The quantitative estimate of drug-likeness (QED) is 0.701. The van der Waals surface area contributed by atoms with Crippen LogP contribution < -0.4 is 5.32 Å². The molecule has 0 bridgehead atoms. The Bertz CT molecular complexity index is 944. The van der Waals surface area contributed by atoms with E-state index in [-0.39, 0.29) is 23.1 Å². The Hall–Kier alpha value is -3.42. The van der Waals surface area contributed by atoms with Crippen molar-refractivity contribution in [3.8, 4) is 0 Å². The highest BCUT2D eigenvalue weighted by Crippen LogP contribution is 2.35. The van der Waals surface area contributed by atoms with Crippen molar-refractivity contribution in [2.45, 2.75) is 12.7 Å². The number of anilines is 2. The van der Waals surface area contributed by atoms with E-state index in [1.165, 1.54) is 35.5 Å². The zero-order valence-electron chi connectivity index (χ0n) is 14.9. The highest BCUT2D eigenvalue weighted by atomic mass is 19.4. The monoisotopic (exact) mass is 386 g/mol. The van der Waals surface area contributed by atoms with Crippen LogP contribution in [0.4, 0.5) is 24.8 Å². The van der Waals surface area contributed by atoms with E-state index in [0.29, 0.717) is 6.54 Å². The minimum absolute atomic E-state index is 0.0287. The summed E-state index contributed by atoms with van der Waals surface area (Å²) in [6.07, 6.45) is -1.93. The van der Waals surface area contributed by atoms with Crippen LogP contribution >= 0.6 is 0 Å². The van der Waals surface area contributed by atoms with E-state index in [2.05, 4.69) is 15.3 Å². The Morgan fingerprint density at radius 1 is 1.00 bits per heavy atom. The van der Waals surface area contributed by atoms with E-state index in [4.69, 9.17) is 0 Å². The van der Waals surface area contributed by atoms with Gasteiger partial charge in [0.15, 0.2) is 0 Å². The smallest absolute Gasteiger partial charge is 0.337 e. The van der Waals surface area contributed by atoms with Gasteiger partial charge in [0.1, 0.15) is 0 Å². The first-order chi connectivity index (χ1) is 13.3. The van der Waals surface area contributed by atoms with E-state index in [1.807, 2.05) is 30.3 Å². The minimum Gasteiger partial charge on any atom is -0.337 e. The summed E-state index contributed by atoms with van der Waals surface area (Å²) in [6, 6.07) is 14.5. The normalized spacial score (nSPS) is 11.1. The predicted molar refractivity (Wildman–Crippen MR) is 99.0 cm³/mol. The first-order valence-electron chi connectivity index (χ1n) is 8.39. The highest BCUT2D eigenvalue weighted by Gasteiger charge is 2.33. The molecule has 2 aromatic carbocycles. The number of carbonyl (C=O) groups excluding carboxylic acids is 1. The summed E-state index contributed by atoms with van der Waals surface area (Å²) in [7, 11) is 1.65. The maximum absolute atomic E-state index is 13.1. The first-order valence-corrected chi connectivity index (χ1v) is 8.39. The molecular weight excluding hydrogens is 369 g/mol. The number of benzene rings is 2. The fourth-order valence-electron chi connectivity index (χ4n) is 2.61. The lowest BCUT2D eigenvalue weighted by Crippen LogP contribution is -2.26. The van der Waals surface area contributed by atoms with Crippen molar-refractivity contribution in [3.05, 3.63) is 83.7 Å². The summed E-state index contributed by atoms with van der Waals surface area (Å²) in [4.78, 5) is 21.9. The zero-order valence-corrected chi connectivity index (χ0v) is 14.9. The molecule has 0 radical (unpaired) electrons. The second-order valence-corrected chi connectivity index (χ2v) is 6.11. The molecule has 3 aromatic rings. The maximum Gasteiger partial charge on any atom is 0.418 e. The Labute approximate surface area is 159 Å². The summed E-state index contributed by atoms with van der Waals surface area (Å²) in [5, 5.41) is 2.55. The molecule has 1 heterocycles. The topological polar surface area (TPSA) is 58.1 Å². The van der Waals surface area contributed by atoms with Crippen LogP contribution in [-0.4, -0.2) is 27.8 Å². The molecule has 0 spiro atoms. The Morgan fingerprint density at radius 2 is 1.61 bits per heavy atom. The van der Waals surface area contributed by atoms with Crippen molar-refractivity contribution in [2.75, 3.05) is 12.4 Å². The fraction of sp³-hybridized carbons (Fsp3) is 0.150. The average molecular weight is 386 g/mol. The van der Waals surface area contributed by atoms with E-state index in [0.717, 1.165) is 11.6 Å². The number of hydrogen-bond donors (Lipinski definition) is 1. The largest absolute Gasteiger partial charge is 0.418 e. The van der Waals surface area contributed by atoms with E-state index >= 15 is 0 Å². The van der Waals surface area contributed by atoms with Gasteiger partial charge in [0, 0.05) is 26.0 Å². The molecule has 0 fully saturated rings. The van der Waals surface area contributed by atoms with Crippen LogP contribution in [0.3, 0.4) is 0 Å². The fourth-order valence-corrected chi connectivity index (χ4v) is 2.61. The van der Waals surface area contributed by atoms with Gasteiger partial charge < -0.3 is 10.2 Å². The summed E-state index contributed by atoms with van der Waals surface area (Å²) in [5.41, 5.74) is 0.242. The zero-order chi connectivity index (χ0) is 20.1. The maximum atomic E-state index is 13.1. The first kappa shape index (κ1) is 19.3. The number of nitrogens with one attached hydrogen (secondary N) is 1. The lowest BCUT2D eigenvalue weighted by atomic mass is 10.1. The molecule has 0 aliphatic rings. The Balaban J connectivity index is 1.71. The number of nitrogens with zero attached hydrogens (tertiary/aromatic N) is 3. The van der Waals surface area contributed by atoms with Crippen LogP contribution in [-0.2, 0) is 12.7 Å². The van der Waals surface area contributed by atoms with Gasteiger partial charge in [-0.3, -0.25) is 4.79 Å². The summed E-state index contributed by atoms with van der Waals surface area (Å²) in [5.74, 6) is -0.315. The molecular formula is C20H17F3N4O. The lowest BCUT2D eigenvalue weighted by Gasteiger charge is -2.17. The number of hydrogen-bond acceptors (Lipinski definition) is 4. The number of amides is 1. The third-order valence-electron chi connectivity index (χ3n) is 3.99. The lowest BCUT2D eigenvalue weighted by molar-refractivity contribution is -0.136. The SMILES string of the molecule is CN(Cc1ccccc1)C(=O)c1cnc(Nc2ccccc2C(F)(F)F)nc1. The molecule has 0 saturated carbocycles. The van der Waals surface area contributed by atoms with Gasteiger partial charge in [-0.15, -0.1) is 0 Å². The second kappa shape index (κ2) is 8.08. The van der Waals surface area contributed by atoms with E-state index in [1.54, 1.807) is 7.05 Å². The molecule has 1 amide bonds. The van der Waals surface area contributed by atoms with Crippen LogP contribution in [0.25, 0.3) is 0 Å². The summed E-state index contributed by atoms with van der Waals surface area (Å²) < 4.78 is 39.2. The number of rotatable bonds is 5. The molecule has 0 aliphatic heterocycles. The summed E-state index contributed by atoms with van der Waals surface area (Å²) in [6.45, 7) is 0.415. The van der Waals surface area contributed by atoms with Crippen molar-refractivity contribution < 1.29 is 18.0 Å². The molecule has 1 N–H and O–H groups in total. The molecule has 0 aliphatic carbocycles. The van der Waals surface area contributed by atoms with Gasteiger partial charge in [0.25, 0.3) is 5.91 Å². The number of carbonyl (C=O) groups is 1. The van der Waals surface area contributed by atoms with Crippen molar-refractivity contribution in [3.63, 3.8) is 0 Å². The van der Waals surface area contributed by atoms with Crippen molar-refractivity contribution in [1.82, 2.24) is 14.9 Å². The third-order valence-corrected chi connectivity index (χ3v) is 3.99. The van der Waals surface area contributed by atoms with Gasteiger partial charge in [0.05, 0.1) is 16.8 Å². The standard InChI is InChI=1S/C20H17F3N4O/c1-27(13-14-7-3-2-4-8-14)18(28)15-11-24-19(25-12-15)26-17-10-6-5-9-16(17)20(21,22)23/h2-12H,13H2,1H3,(H,24,25,26). The van der Waals surface area contributed by atoms with Gasteiger partial charge in [-0.25, -0.2) is 9.97 Å². The van der Waals surface area contributed by atoms with Gasteiger partial charge in [-0.1, -0.05) is 42.5 Å². The van der Waals surface area contributed by atoms with Crippen LogP contribution in [0.1, 0.15) is 21.5 Å². The van der Waals surface area contributed by atoms with Gasteiger partial charge in [0.2, 0.25) is 5.95 Å². The van der Waals surface area contributed by atoms with Gasteiger partial charge >= 0.3 is 6.18 Å². The molecule has 0 atom stereocenters. The van der Waals surface area contributed by atoms with E-state index < -0.39 is 11.7 Å². The summed E-state index contributed by atoms with van der Waals surface area (Å²) >= 11 is 0. The molecule has 0 saturated heterocycles. The number of para-hydroxylation sites is 1. The highest BCUT2D eigenvalue weighted by molar-refractivity contribution is 5.93. The van der Waals surface area contributed by atoms with Crippen molar-refractivity contribution >= 4 is 17.5 Å². The number of halogens is 3. The van der Waals surface area contributed by atoms with E-state index in [9.17, 15) is 18.0 Å². The molecule has 144 valence electrons. The molecule has 3 rings (SSSR count). The van der Waals surface area contributed by atoms with Crippen LogP contribution in [0, 0.1) is 0 Å². The third kappa shape index (κ3) is 4.64. The average Bonchev–Trinajstić information content (AvgIpc) is 2.68. The second-order valence-electron chi connectivity index (χ2n) is 6.11. The molecule has 5 nitrogen and oxygen atoms in total. The van der Waals surface area contributed by atoms with Gasteiger partial charge in [-0.05, 0) is 17.7 Å². The van der Waals surface area contributed by atoms with Crippen molar-refractivity contribution in [2.24, 2.45) is 0 Å². The molecule has 8 heteroatoms. The molecule has 28 heavy (non-hydrogen) atoms. The van der Waals surface area contributed by atoms with Gasteiger partial charge in [-0.2, -0.15) is 13.2 Å². The minimum atomic E-state index is -4.50. The van der Waals surface area contributed by atoms with Crippen molar-refractivity contribution in [1.29, 1.82) is 0 Å². The molecule has 0 unspecified atom stereocenters. The number of aromatic nitrogens is 2.